The van der Waals surface area contributed by atoms with Gasteiger partial charge in [0, 0.05) is 37.8 Å². The monoisotopic (exact) mass is 279 g/mol. The highest BCUT2D eigenvalue weighted by atomic mass is 19.1. The minimum atomic E-state index is -0.533. The fourth-order valence-electron chi connectivity index (χ4n) is 2.47. The molecule has 1 heterocycles. The Morgan fingerprint density at radius 2 is 2.00 bits per heavy atom. The maximum Gasteiger partial charge on any atom is 0.254 e. The van der Waals surface area contributed by atoms with E-state index in [0.717, 1.165) is 19.5 Å². The Balaban J connectivity index is 1.99. The quantitative estimate of drug-likeness (QED) is 0.861. The Bertz CT molecular complexity index is 484. The predicted octanol–water partition coefficient (Wildman–Crippen LogP) is 1.96. The summed E-state index contributed by atoms with van der Waals surface area (Å²) in [5.41, 5.74) is 5.87. The molecule has 2 rings (SSSR count). The van der Waals surface area contributed by atoms with Gasteiger partial charge in [-0.25, -0.2) is 4.39 Å². The minimum absolute atomic E-state index is 0.0724. The van der Waals surface area contributed by atoms with E-state index in [1.165, 1.54) is 12.1 Å². The number of anilines is 1. The highest BCUT2D eigenvalue weighted by Gasteiger charge is 2.24. The molecule has 0 radical (unpaired) electrons. The zero-order chi connectivity index (χ0) is 14.7. The van der Waals surface area contributed by atoms with Crippen molar-refractivity contribution < 1.29 is 9.18 Å². The minimum Gasteiger partial charge on any atom is -0.396 e. The molecule has 110 valence electrons. The Labute approximate surface area is 119 Å². The van der Waals surface area contributed by atoms with Crippen LogP contribution in [0.4, 0.5) is 10.1 Å². The zero-order valence-electron chi connectivity index (χ0n) is 12.1. The van der Waals surface area contributed by atoms with Crippen LogP contribution in [-0.2, 0) is 0 Å². The van der Waals surface area contributed by atoms with Gasteiger partial charge >= 0.3 is 0 Å². The molecule has 1 aliphatic heterocycles. The van der Waals surface area contributed by atoms with Crippen molar-refractivity contribution in [3.63, 3.8) is 0 Å². The van der Waals surface area contributed by atoms with Gasteiger partial charge in [-0.15, -0.1) is 0 Å². The van der Waals surface area contributed by atoms with Gasteiger partial charge in [-0.1, -0.05) is 6.92 Å². The largest absolute Gasteiger partial charge is 0.396 e. The average molecular weight is 279 g/mol. The van der Waals surface area contributed by atoms with Crippen LogP contribution in [-0.4, -0.2) is 47.9 Å². The van der Waals surface area contributed by atoms with Crippen LogP contribution in [0.2, 0.25) is 0 Å². The van der Waals surface area contributed by atoms with E-state index in [-0.39, 0.29) is 11.6 Å². The van der Waals surface area contributed by atoms with Crippen molar-refractivity contribution >= 4 is 11.6 Å². The first kappa shape index (κ1) is 14.8. The normalized spacial score (nSPS) is 18.1. The van der Waals surface area contributed by atoms with Gasteiger partial charge in [-0.3, -0.25) is 9.69 Å². The summed E-state index contributed by atoms with van der Waals surface area (Å²) in [7, 11) is 0. The molecular formula is C15H22FN3O. The molecule has 0 aliphatic carbocycles. The third-order valence-corrected chi connectivity index (χ3v) is 4.06. The van der Waals surface area contributed by atoms with Gasteiger partial charge in [-0.05, 0) is 31.5 Å². The third-order valence-electron chi connectivity index (χ3n) is 4.06. The summed E-state index contributed by atoms with van der Waals surface area (Å²) >= 11 is 0. The van der Waals surface area contributed by atoms with Crippen LogP contribution in [0.5, 0.6) is 0 Å². The summed E-state index contributed by atoms with van der Waals surface area (Å²) in [5.74, 6) is -0.651. The van der Waals surface area contributed by atoms with Gasteiger partial charge in [0.1, 0.15) is 5.82 Å². The second-order valence-corrected chi connectivity index (χ2v) is 5.32. The van der Waals surface area contributed by atoms with Crippen molar-refractivity contribution in [3.8, 4) is 0 Å². The molecule has 1 aliphatic rings. The third kappa shape index (κ3) is 3.10. The molecule has 4 nitrogen and oxygen atoms in total. The van der Waals surface area contributed by atoms with Crippen LogP contribution in [0.3, 0.4) is 0 Å². The number of hydrogen-bond acceptors (Lipinski definition) is 3. The SMILES string of the molecule is CCC(C)N1CCN(C(=O)c2ccc(N)c(F)c2)CC1. The number of hydrogen-bond donors (Lipinski definition) is 1. The average Bonchev–Trinajstić information content (AvgIpc) is 2.48. The summed E-state index contributed by atoms with van der Waals surface area (Å²) in [6.07, 6.45) is 1.11. The highest BCUT2D eigenvalue weighted by Crippen LogP contribution is 2.16. The number of halogens is 1. The lowest BCUT2D eigenvalue weighted by molar-refractivity contribution is 0.0579. The van der Waals surface area contributed by atoms with Crippen LogP contribution in [0.1, 0.15) is 30.6 Å². The van der Waals surface area contributed by atoms with Crippen molar-refractivity contribution in [2.45, 2.75) is 26.3 Å². The molecule has 1 unspecified atom stereocenters. The van der Waals surface area contributed by atoms with Gasteiger partial charge in [-0.2, -0.15) is 0 Å². The topological polar surface area (TPSA) is 49.6 Å². The van der Waals surface area contributed by atoms with Crippen LogP contribution in [0, 0.1) is 5.82 Å². The molecular weight excluding hydrogens is 257 g/mol. The molecule has 1 aromatic rings. The van der Waals surface area contributed by atoms with E-state index in [9.17, 15) is 9.18 Å². The summed E-state index contributed by atoms with van der Waals surface area (Å²) in [6.45, 7) is 7.49. The lowest BCUT2D eigenvalue weighted by Gasteiger charge is -2.37. The lowest BCUT2D eigenvalue weighted by Crippen LogP contribution is -2.51. The summed E-state index contributed by atoms with van der Waals surface area (Å²) in [4.78, 5) is 16.5. The molecule has 1 saturated heterocycles. The van der Waals surface area contributed by atoms with E-state index in [0.29, 0.717) is 24.7 Å². The molecule has 0 spiro atoms. The highest BCUT2D eigenvalue weighted by molar-refractivity contribution is 5.94. The number of nitrogen functional groups attached to an aromatic ring is 1. The van der Waals surface area contributed by atoms with Gasteiger partial charge in [0.05, 0.1) is 5.69 Å². The van der Waals surface area contributed by atoms with Crippen molar-refractivity contribution in [1.82, 2.24) is 9.80 Å². The molecule has 0 saturated carbocycles. The molecule has 0 bridgehead atoms. The maximum atomic E-state index is 13.4. The summed E-state index contributed by atoms with van der Waals surface area (Å²) < 4.78 is 13.4. The Morgan fingerprint density at radius 1 is 1.35 bits per heavy atom. The van der Waals surface area contributed by atoms with Crippen molar-refractivity contribution in [2.75, 3.05) is 31.9 Å². The van der Waals surface area contributed by atoms with Crippen LogP contribution >= 0.6 is 0 Å². The van der Waals surface area contributed by atoms with E-state index in [4.69, 9.17) is 5.73 Å². The van der Waals surface area contributed by atoms with E-state index < -0.39 is 5.82 Å². The van der Waals surface area contributed by atoms with Gasteiger partial charge < -0.3 is 10.6 Å². The number of benzene rings is 1. The fraction of sp³-hybridized carbons (Fsp3) is 0.533. The van der Waals surface area contributed by atoms with Gasteiger partial charge in [0.15, 0.2) is 0 Å². The lowest BCUT2D eigenvalue weighted by atomic mass is 10.1. The molecule has 0 aromatic heterocycles. The molecule has 2 N–H and O–H groups in total. The van der Waals surface area contributed by atoms with E-state index in [1.54, 1.807) is 11.0 Å². The predicted molar refractivity (Wildman–Crippen MR) is 78.0 cm³/mol. The van der Waals surface area contributed by atoms with Crippen LogP contribution < -0.4 is 5.73 Å². The number of nitrogens with two attached hydrogens (primary N) is 1. The van der Waals surface area contributed by atoms with Crippen molar-refractivity contribution in [1.29, 1.82) is 0 Å². The number of amides is 1. The first-order chi connectivity index (χ1) is 9.52. The van der Waals surface area contributed by atoms with E-state index in [1.807, 2.05) is 0 Å². The van der Waals surface area contributed by atoms with Gasteiger partial charge in [0.2, 0.25) is 0 Å². The van der Waals surface area contributed by atoms with Crippen LogP contribution in [0.25, 0.3) is 0 Å². The Hall–Kier alpha value is -1.62. The fourth-order valence-corrected chi connectivity index (χ4v) is 2.47. The Morgan fingerprint density at radius 3 is 2.55 bits per heavy atom. The Kier molecular flexibility index (Phi) is 4.60. The standard InChI is InChI=1S/C15H22FN3O/c1-3-11(2)18-6-8-19(9-7-18)15(20)12-4-5-14(17)13(16)10-12/h4-5,10-11H,3,6-9,17H2,1-2H3. The van der Waals surface area contributed by atoms with E-state index >= 15 is 0 Å². The van der Waals surface area contributed by atoms with Crippen molar-refractivity contribution in [3.05, 3.63) is 29.6 Å². The molecule has 1 fully saturated rings. The van der Waals surface area contributed by atoms with Gasteiger partial charge in [0.25, 0.3) is 5.91 Å². The molecule has 5 heteroatoms. The molecule has 1 amide bonds. The second kappa shape index (κ2) is 6.22. The zero-order valence-corrected chi connectivity index (χ0v) is 12.1. The summed E-state index contributed by atoms with van der Waals surface area (Å²) in [6, 6.07) is 4.79. The van der Waals surface area contributed by atoms with Crippen molar-refractivity contribution in [2.24, 2.45) is 0 Å². The molecule has 1 atom stereocenters. The molecule has 1 aromatic carbocycles. The summed E-state index contributed by atoms with van der Waals surface area (Å²) in [5, 5.41) is 0. The smallest absolute Gasteiger partial charge is 0.254 e. The first-order valence-electron chi connectivity index (χ1n) is 7.11. The first-order valence-corrected chi connectivity index (χ1v) is 7.11. The number of nitrogens with zero attached hydrogens (tertiary/aromatic N) is 2. The molecule has 20 heavy (non-hydrogen) atoms. The number of carbonyl (C=O) groups excluding carboxylic acids is 1. The van der Waals surface area contributed by atoms with Crippen LogP contribution in [0.15, 0.2) is 18.2 Å². The second-order valence-electron chi connectivity index (χ2n) is 5.32. The number of carbonyl (C=O) groups is 1. The maximum absolute atomic E-state index is 13.4. The number of piperazine rings is 1. The van der Waals surface area contributed by atoms with E-state index in [2.05, 4.69) is 18.7 Å². The number of rotatable bonds is 3.